The number of unbranched alkanes of at least 4 members (excludes halogenated alkanes) is 1. The number of nitrogens with one attached hydrogen (secondary N) is 2. The summed E-state index contributed by atoms with van der Waals surface area (Å²) in [6.07, 6.45) is 7.10. The number of amides is 2. The van der Waals surface area contributed by atoms with Crippen molar-refractivity contribution < 1.29 is 14.3 Å². The summed E-state index contributed by atoms with van der Waals surface area (Å²) in [6.45, 7) is 2.33. The lowest BCUT2D eigenvalue weighted by atomic mass is 9.85. The molecule has 0 aromatic heterocycles. The van der Waals surface area contributed by atoms with Gasteiger partial charge in [-0.2, -0.15) is 0 Å². The van der Waals surface area contributed by atoms with Crippen LogP contribution in [0.3, 0.4) is 0 Å². The number of rotatable bonds is 9. The fourth-order valence-corrected chi connectivity index (χ4v) is 4.83. The van der Waals surface area contributed by atoms with Gasteiger partial charge in [0.15, 0.2) is 5.96 Å². The van der Waals surface area contributed by atoms with E-state index in [-0.39, 0.29) is 59.5 Å². The van der Waals surface area contributed by atoms with Crippen molar-refractivity contribution in [2.24, 2.45) is 28.7 Å². The van der Waals surface area contributed by atoms with E-state index >= 15 is 0 Å². The van der Waals surface area contributed by atoms with Gasteiger partial charge in [0.05, 0.1) is 18.4 Å². The summed E-state index contributed by atoms with van der Waals surface area (Å²) < 4.78 is 5.68. The first-order valence-electron chi connectivity index (χ1n) is 10.8. The first-order valence-corrected chi connectivity index (χ1v) is 10.8. The van der Waals surface area contributed by atoms with Crippen LogP contribution in [0.1, 0.15) is 19.3 Å². The van der Waals surface area contributed by atoms with Gasteiger partial charge in [-0.1, -0.05) is 30.4 Å². The topological polar surface area (TPSA) is 83.0 Å². The van der Waals surface area contributed by atoms with E-state index in [0.29, 0.717) is 25.7 Å². The van der Waals surface area contributed by atoms with Crippen LogP contribution in [0.25, 0.3) is 0 Å². The maximum absolute atomic E-state index is 12.7. The molecule has 1 aromatic rings. The molecule has 4 rings (SSSR count). The lowest BCUT2D eigenvalue weighted by molar-refractivity contribution is -0.140. The molecule has 0 spiro atoms. The number of imide groups is 1. The number of ether oxygens (including phenoxy) is 1. The number of nitrogens with zero attached hydrogens (tertiary/aromatic N) is 2. The minimum Gasteiger partial charge on any atom is -0.494 e. The highest BCUT2D eigenvalue weighted by atomic mass is 127. The van der Waals surface area contributed by atoms with Gasteiger partial charge < -0.3 is 15.4 Å². The summed E-state index contributed by atoms with van der Waals surface area (Å²) in [6, 6.07) is 9.80. The second kappa shape index (κ2) is 11.0. The highest BCUT2D eigenvalue weighted by Gasteiger charge is 2.58. The molecular weight excluding hydrogens is 507 g/mol. The van der Waals surface area contributed by atoms with Crippen LogP contribution in [0.15, 0.2) is 47.5 Å². The van der Waals surface area contributed by atoms with E-state index < -0.39 is 0 Å². The molecule has 2 bridgehead atoms. The number of allylic oxidation sites excluding steroid dienone is 2. The van der Waals surface area contributed by atoms with E-state index in [0.717, 1.165) is 31.6 Å². The Hall–Kier alpha value is -2.10. The van der Waals surface area contributed by atoms with E-state index in [1.54, 1.807) is 7.05 Å². The molecule has 1 saturated heterocycles. The van der Waals surface area contributed by atoms with Crippen LogP contribution >= 0.6 is 24.0 Å². The third-order valence-corrected chi connectivity index (χ3v) is 6.29. The SMILES string of the molecule is CN=C(NCCCCOc1ccccc1)NCCN1C(=O)C2C3C=CC(C3)C2C1=O.I. The van der Waals surface area contributed by atoms with Crippen molar-refractivity contribution in [2.75, 3.05) is 33.3 Å². The molecule has 2 fully saturated rings. The van der Waals surface area contributed by atoms with Gasteiger partial charge in [0.25, 0.3) is 0 Å². The van der Waals surface area contributed by atoms with Gasteiger partial charge in [-0.25, -0.2) is 0 Å². The molecule has 7 nitrogen and oxygen atoms in total. The molecule has 1 heterocycles. The van der Waals surface area contributed by atoms with E-state index in [4.69, 9.17) is 4.74 Å². The number of guanidine groups is 1. The van der Waals surface area contributed by atoms with Crippen LogP contribution in [0, 0.1) is 23.7 Å². The van der Waals surface area contributed by atoms with Crippen molar-refractivity contribution in [2.45, 2.75) is 19.3 Å². The number of likely N-dealkylation sites (tertiary alicyclic amines) is 1. The predicted octanol–water partition coefficient (Wildman–Crippen LogP) is 2.44. The number of hydrogen-bond acceptors (Lipinski definition) is 4. The zero-order chi connectivity index (χ0) is 20.9. The Morgan fingerprint density at radius 1 is 1.03 bits per heavy atom. The van der Waals surface area contributed by atoms with E-state index in [1.807, 2.05) is 30.3 Å². The molecule has 8 heteroatoms. The van der Waals surface area contributed by atoms with Gasteiger partial charge >= 0.3 is 0 Å². The zero-order valence-electron chi connectivity index (χ0n) is 17.8. The molecular formula is C23H31IN4O3. The second-order valence-electron chi connectivity index (χ2n) is 8.12. The van der Waals surface area contributed by atoms with Crippen molar-refractivity contribution in [1.82, 2.24) is 15.5 Å². The minimum absolute atomic E-state index is 0. The van der Waals surface area contributed by atoms with Gasteiger partial charge in [-0.3, -0.25) is 19.5 Å². The molecule has 3 aliphatic rings. The molecule has 168 valence electrons. The monoisotopic (exact) mass is 538 g/mol. The van der Waals surface area contributed by atoms with Crippen LogP contribution in [0.4, 0.5) is 0 Å². The van der Waals surface area contributed by atoms with E-state index in [1.165, 1.54) is 4.90 Å². The minimum atomic E-state index is -0.122. The largest absolute Gasteiger partial charge is 0.494 e. The summed E-state index contributed by atoms with van der Waals surface area (Å²) in [5, 5.41) is 6.47. The Morgan fingerprint density at radius 3 is 2.32 bits per heavy atom. The number of carbonyl (C=O) groups excluding carboxylic acids is 2. The Kier molecular flexibility index (Phi) is 8.34. The molecule has 1 aromatic carbocycles. The summed E-state index contributed by atoms with van der Waals surface area (Å²) >= 11 is 0. The Bertz CT molecular complexity index is 799. The van der Waals surface area contributed by atoms with Crippen molar-refractivity contribution in [3.63, 3.8) is 0 Å². The molecule has 2 N–H and O–H groups in total. The fourth-order valence-electron chi connectivity index (χ4n) is 4.83. The van der Waals surface area contributed by atoms with Crippen LogP contribution < -0.4 is 15.4 Å². The zero-order valence-corrected chi connectivity index (χ0v) is 20.2. The molecule has 4 unspecified atom stereocenters. The lowest BCUT2D eigenvalue weighted by Gasteiger charge is -2.18. The van der Waals surface area contributed by atoms with E-state index in [2.05, 4.69) is 27.8 Å². The van der Waals surface area contributed by atoms with Crippen molar-refractivity contribution >= 4 is 41.8 Å². The molecule has 2 amide bonds. The molecule has 31 heavy (non-hydrogen) atoms. The summed E-state index contributed by atoms with van der Waals surface area (Å²) in [5.74, 6) is 1.85. The standard InChI is InChI=1S/C23H30N4O3.HI/c1-24-23(25-11-5-6-14-30-18-7-3-2-4-8-18)26-12-13-27-21(28)19-16-9-10-17(15-16)20(19)22(27)29;/h2-4,7-10,16-17,19-20H,5-6,11-15H2,1H3,(H2,24,25,26);1H. The average Bonchev–Trinajstić information content (AvgIpc) is 3.45. The van der Waals surface area contributed by atoms with Gasteiger partial charge in [-0.05, 0) is 43.2 Å². The van der Waals surface area contributed by atoms with Gasteiger partial charge in [0.2, 0.25) is 11.8 Å². The van der Waals surface area contributed by atoms with Crippen LogP contribution in [-0.4, -0.2) is 56.0 Å². The smallest absolute Gasteiger partial charge is 0.233 e. The maximum Gasteiger partial charge on any atom is 0.233 e. The number of benzene rings is 1. The third-order valence-electron chi connectivity index (χ3n) is 6.29. The Morgan fingerprint density at radius 2 is 1.68 bits per heavy atom. The molecule has 4 atom stereocenters. The van der Waals surface area contributed by atoms with Gasteiger partial charge in [-0.15, -0.1) is 24.0 Å². The number of aliphatic imine (C=N–C) groups is 1. The number of carbonyl (C=O) groups is 2. The van der Waals surface area contributed by atoms with E-state index in [9.17, 15) is 9.59 Å². The molecule has 1 aliphatic heterocycles. The number of halogens is 1. The summed E-state index contributed by atoms with van der Waals surface area (Å²) in [4.78, 5) is 31.0. The molecule has 0 radical (unpaired) electrons. The number of para-hydroxylation sites is 1. The highest BCUT2D eigenvalue weighted by molar-refractivity contribution is 14.0. The number of hydrogen-bond donors (Lipinski definition) is 2. The average molecular weight is 538 g/mol. The first kappa shape index (κ1) is 23.6. The molecule has 2 aliphatic carbocycles. The van der Waals surface area contributed by atoms with Crippen LogP contribution in [0.5, 0.6) is 5.75 Å². The Balaban J connectivity index is 0.00000272. The Labute approximate surface area is 200 Å². The first-order chi connectivity index (χ1) is 14.7. The normalized spacial score (nSPS) is 26.1. The highest BCUT2D eigenvalue weighted by Crippen LogP contribution is 2.52. The quantitative estimate of drug-likeness (QED) is 0.126. The van der Waals surface area contributed by atoms with Gasteiger partial charge in [0, 0.05) is 26.7 Å². The number of fused-ring (bicyclic) bond motifs is 5. The predicted molar refractivity (Wildman–Crippen MR) is 130 cm³/mol. The third kappa shape index (κ3) is 5.22. The molecule has 1 saturated carbocycles. The van der Waals surface area contributed by atoms with Gasteiger partial charge in [0.1, 0.15) is 5.75 Å². The van der Waals surface area contributed by atoms with Crippen molar-refractivity contribution in [3.05, 3.63) is 42.5 Å². The van der Waals surface area contributed by atoms with Crippen molar-refractivity contribution in [1.29, 1.82) is 0 Å². The summed E-state index contributed by atoms with van der Waals surface area (Å²) in [5.41, 5.74) is 0. The summed E-state index contributed by atoms with van der Waals surface area (Å²) in [7, 11) is 1.72. The lowest BCUT2D eigenvalue weighted by Crippen LogP contribution is -2.43. The maximum atomic E-state index is 12.7. The van der Waals surface area contributed by atoms with Crippen molar-refractivity contribution in [3.8, 4) is 5.75 Å². The second-order valence-corrected chi connectivity index (χ2v) is 8.12. The van der Waals surface area contributed by atoms with Crippen LogP contribution in [-0.2, 0) is 9.59 Å². The fraction of sp³-hybridized carbons (Fsp3) is 0.522. The van der Waals surface area contributed by atoms with Crippen LogP contribution in [0.2, 0.25) is 0 Å².